The quantitative estimate of drug-likeness (QED) is 0.500. The zero-order chi connectivity index (χ0) is 15.4. The van der Waals surface area contributed by atoms with E-state index < -0.39 is 0 Å². The first-order valence-corrected chi connectivity index (χ1v) is 7.45. The van der Waals surface area contributed by atoms with Crippen molar-refractivity contribution in [3.63, 3.8) is 0 Å². The molecule has 1 aromatic rings. The Balaban J connectivity index is 2.00. The molecule has 0 aromatic carbocycles. The van der Waals surface area contributed by atoms with E-state index in [1.807, 2.05) is 7.05 Å². The number of halogens is 1. The van der Waals surface area contributed by atoms with Crippen LogP contribution in [0.1, 0.15) is 23.2 Å². The lowest BCUT2D eigenvalue weighted by Crippen LogP contribution is -2.38. The number of rotatable bonds is 4. The first-order chi connectivity index (χ1) is 9.99. The molecule has 7 heteroatoms. The highest BCUT2D eigenvalue weighted by Crippen LogP contribution is 2.19. The van der Waals surface area contributed by atoms with E-state index >= 15 is 0 Å². The third-order valence-electron chi connectivity index (χ3n) is 3.91. The Morgan fingerprint density at radius 1 is 1.52 bits per heavy atom. The summed E-state index contributed by atoms with van der Waals surface area (Å²) in [4.78, 5) is 20.5. The van der Waals surface area contributed by atoms with Gasteiger partial charge in [-0.05, 0) is 51.0 Å². The van der Waals surface area contributed by atoms with E-state index in [0.717, 1.165) is 32.5 Å². The summed E-state index contributed by atoms with van der Waals surface area (Å²) >= 11 is 5.90. The monoisotopic (exact) mass is 311 g/mol. The van der Waals surface area contributed by atoms with E-state index in [1.165, 1.54) is 0 Å². The average molecular weight is 312 g/mol. The maximum atomic E-state index is 12.5. The number of carbonyl (C=O) groups is 1. The Kier molecular flexibility index (Phi) is 5.39. The van der Waals surface area contributed by atoms with E-state index in [0.29, 0.717) is 17.3 Å². The number of anilines is 1. The Hall–Kier alpha value is -1.37. The van der Waals surface area contributed by atoms with Gasteiger partial charge in [-0.3, -0.25) is 4.79 Å². The molecule has 116 valence electrons. The van der Waals surface area contributed by atoms with E-state index in [2.05, 4.69) is 22.4 Å². The summed E-state index contributed by atoms with van der Waals surface area (Å²) in [6, 6.07) is 3.18. The molecule has 2 heterocycles. The van der Waals surface area contributed by atoms with Crippen molar-refractivity contribution in [2.75, 3.05) is 39.2 Å². The number of hydrogen-bond acceptors (Lipinski definition) is 5. The number of amides is 1. The van der Waals surface area contributed by atoms with Crippen LogP contribution in [0.15, 0.2) is 12.1 Å². The summed E-state index contributed by atoms with van der Waals surface area (Å²) in [5, 5.41) is 0.251. The number of nitrogens with one attached hydrogen (secondary N) is 1. The van der Waals surface area contributed by atoms with Crippen molar-refractivity contribution in [1.82, 2.24) is 14.8 Å². The van der Waals surface area contributed by atoms with Crippen molar-refractivity contribution < 1.29 is 4.79 Å². The van der Waals surface area contributed by atoms with Crippen molar-refractivity contribution in [2.24, 2.45) is 11.8 Å². The van der Waals surface area contributed by atoms with Gasteiger partial charge in [-0.15, -0.1) is 0 Å². The van der Waals surface area contributed by atoms with Crippen LogP contribution in [-0.2, 0) is 0 Å². The molecule has 1 amide bonds. The minimum absolute atomic E-state index is 0.0604. The molecule has 0 radical (unpaired) electrons. The summed E-state index contributed by atoms with van der Waals surface area (Å²) in [5.41, 5.74) is 2.91. The number of aromatic nitrogens is 1. The van der Waals surface area contributed by atoms with Crippen molar-refractivity contribution in [3.05, 3.63) is 22.8 Å². The molecular formula is C14H22ClN5O. The van der Waals surface area contributed by atoms with Crippen LogP contribution in [0.2, 0.25) is 5.15 Å². The van der Waals surface area contributed by atoms with Crippen LogP contribution in [0.4, 0.5) is 5.82 Å². The molecule has 1 aromatic heterocycles. The zero-order valence-electron chi connectivity index (χ0n) is 12.5. The van der Waals surface area contributed by atoms with Crippen LogP contribution in [0, 0.1) is 5.92 Å². The second kappa shape index (κ2) is 7.06. The van der Waals surface area contributed by atoms with Crippen LogP contribution in [0.3, 0.4) is 0 Å². The molecule has 1 aliphatic heterocycles. The standard InChI is InChI=1S/C14H22ClN5O/c1-19-5-3-10(4-6-19)9-20(2)14(21)11-7-12(15)17-13(8-11)18-16/h7-8,10H,3-6,9,16H2,1-2H3,(H,17,18). The molecule has 0 spiro atoms. The van der Waals surface area contributed by atoms with Gasteiger partial charge in [0.2, 0.25) is 0 Å². The normalized spacial score (nSPS) is 16.8. The number of likely N-dealkylation sites (tertiary alicyclic amines) is 1. The largest absolute Gasteiger partial charge is 0.341 e. The number of carbonyl (C=O) groups excluding carboxylic acids is 1. The maximum absolute atomic E-state index is 12.5. The van der Waals surface area contributed by atoms with Gasteiger partial charge in [0.25, 0.3) is 5.91 Å². The SMILES string of the molecule is CN1CCC(CN(C)C(=O)c2cc(Cl)nc(NN)c2)CC1. The molecule has 21 heavy (non-hydrogen) atoms. The van der Waals surface area contributed by atoms with Gasteiger partial charge in [0.05, 0.1) is 0 Å². The number of hydrazine groups is 1. The molecular weight excluding hydrogens is 290 g/mol. The molecule has 0 unspecified atom stereocenters. The zero-order valence-corrected chi connectivity index (χ0v) is 13.2. The number of nitrogen functional groups attached to an aromatic ring is 1. The van der Waals surface area contributed by atoms with Gasteiger partial charge in [0, 0.05) is 19.2 Å². The molecule has 6 nitrogen and oxygen atoms in total. The minimum atomic E-state index is -0.0604. The van der Waals surface area contributed by atoms with Crippen LogP contribution >= 0.6 is 11.6 Å². The van der Waals surface area contributed by atoms with Crippen molar-refractivity contribution in [3.8, 4) is 0 Å². The van der Waals surface area contributed by atoms with Crippen LogP contribution in [-0.4, -0.2) is 54.4 Å². The van der Waals surface area contributed by atoms with Crippen molar-refractivity contribution >= 4 is 23.3 Å². The second-order valence-corrected chi connectivity index (χ2v) is 6.03. The Bertz CT molecular complexity index is 502. The minimum Gasteiger partial charge on any atom is -0.341 e. The number of nitrogens with two attached hydrogens (primary N) is 1. The summed E-state index contributed by atoms with van der Waals surface area (Å²) in [7, 11) is 3.95. The number of piperidine rings is 1. The van der Waals surface area contributed by atoms with Gasteiger partial charge < -0.3 is 15.2 Å². The lowest BCUT2D eigenvalue weighted by atomic mass is 9.96. The molecule has 1 aliphatic rings. The molecule has 0 aliphatic carbocycles. The first-order valence-electron chi connectivity index (χ1n) is 7.08. The maximum Gasteiger partial charge on any atom is 0.253 e. The average Bonchev–Trinajstić information content (AvgIpc) is 2.48. The fourth-order valence-electron chi connectivity index (χ4n) is 2.63. The van der Waals surface area contributed by atoms with Gasteiger partial charge in [0.1, 0.15) is 11.0 Å². The van der Waals surface area contributed by atoms with Gasteiger partial charge in [-0.2, -0.15) is 0 Å². The number of pyridine rings is 1. The first kappa shape index (κ1) is 16.0. The Labute approximate surface area is 130 Å². The number of nitrogens with zero attached hydrogens (tertiary/aromatic N) is 3. The second-order valence-electron chi connectivity index (χ2n) is 5.64. The molecule has 0 saturated carbocycles. The van der Waals surface area contributed by atoms with Gasteiger partial charge in [-0.25, -0.2) is 10.8 Å². The topological polar surface area (TPSA) is 74.5 Å². The molecule has 0 bridgehead atoms. The van der Waals surface area contributed by atoms with E-state index in [9.17, 15) is 4.79 Å². The molecule has 2 rings (SSSR count). The van der Waals surface area contributed by atoms with Crippen LogP contribution in [0.25, 0.3) is 0 Å². The van der Waals surface area contributed by atoms with Crippen molar-refractivity contribution in [1.29, 1.82) is 0 Å². The highest BCUT2D eigenvalue weighted by atomic mass is 35.5. The fourth-order valence-corrected chi connectivity index (χ4v) is 2.84. The lowest BCUT2D eigenvalue weighted by molar-refractivity contribution is 0.0747. The molecule has 1 fully saturated rings. The van der Waals surface area contributed by atoms with E-state index in [4.69, 9.17) is 17.4 Å². The van der Waals surface area contributed by atoms with Gasteiger partial charge in [-0.1, -0.05) is 11.6 Å². The lowest BCUT2D eigenvalue weighted by Gasteiger charge is -2.31. The highest BCUT2D eigenvalue weighted by molar-refractivity contribution is 6.29. The third-order valence-corrected chi connectivity index (χ3v) is 4.10. The van der Waals surface area contributed by atoms with Crippen LogP contribution < -0.4 is 11.3 Å². The predicted octanol–water partition coefficient (Wildman–Crippen LogP) is 1.43. The van der Waals surface area contributed by atoms with E-state index in [1.54, 1.807) is 17.0 Å². The van der Waals surface area contributed by atoms with Gasteiger partial charge >= 0.3 is 0 Å². The third kappa shape index (κ3) is 4.30. The van der Waals surface area contributed by atoms with Crippen molar-refractivity contribution in [2.45, 2.75) is 12.8 Å². The smallest absolute Gasteiger partial charge is 0.253 e. The van der Waals surface area contributed by atoms with Gasteiger partial charge in [0.15, 0.2) is 0 Å². The number of hydrogen-bond donors (Lipinski definition) is 2. The summed E-state index contributed by atoms with van der Waals surface area (Å²) in [5.74, 6) is 6.21. The molecule has 3 N–H and O–H groups in total. The molecule has 1 saturated heterocycles. The highest BCUT2D eigenvalue weighted by Gasteiger charge is 2.21. The fraction of sp³-hybridized carbons (Fsp3) is 0.571. The Morgan fingerprint density at radius 3 is 2.81 bits per heavy atom. The van der Waals surface area contributed by atoms with E-state index in [-0.39, 0.29) is 11.1 Å². The summed E-state index contributed by atoms with van der Waals surface area (Å²) in [6.07, 6.45) is 2.25. The summed E-state index contributed by atoms with van der Waals surface area (Å²) in [6.45, 7) is 2.95. The predicted molar refractivity (Wildman–Crippen MR) is 84.2 cm³/mol. The Morgan fingerprint density at radius 2 is 2.19 bits per heavy atom. The van der Waals surface area contributed by atoms with Crippen LogP contribution in [0.5, 0.6) is 0 Å². The summed E-state index contributed by atoms with van der Waals surface area (Å²) < 4.78 is 0. The molecule has 0 atom stereocenters.